The predicted molar refractivity (Wildman–Crippen MR) is 58.9 cm³/mol. The highest BCUT2D eigenvalue weighted by atomic mass is 32.2. The number of primary amides is 1. The van der Waals surface area contributed by atoms with Crippen LogP contribution < -0.4 is 11.1 Å². The molecular formula is C9H20N2OS. The summed E-state index contributed by atoms with van der Waals surface area (Å²) in [5.74, 6) is 2.16. The van der Waals surface area contributed by atoms with Gasteiger partial charge in [-0.15, -0.1) is 0 Å². The molecule has 0 aliphatic carbocycles. The highest BCUT2D eigenvalue weighted by molar-refractivity contribution is 7.99. The Morgan fingerprint density at radius 2 is 2.15 bits per heavy atom. The summed E-state index contributed by atoms with van der Waals surface area (Å²) >= 11 is 1.94. The van der Waals surface area contributed by atoms with E-state index >= 15 is 0 Å². The third-order valence-corrected chi connectivity index (χ3v) is 2.56. The summed E-state index contributed by atoms with van der Waals surface area (Å²) in [7, 11) is 0. The molecule has 0 saturated heterocycles. The minimum atomic E-state index is -0.193. The Morgan fingerprint density at radius 1 is 1.38 bits per heavy atom. The van der Waals surface area contributed by atoms with Crippen molar-refractivity contribution in [1.82, 2.24) is 5.32 Å². The number of carbonyl (C=O) groups is 1. The van der Waals surface area contributed by atoms with Gasteiger partial charge >= 0.3 is 0 Å². The Morgan fingerprint density at radius 3 is 2.77 bits per heavy atom. The molecule has 0 unspecified atom stereocenters. The summed E-state index contributed by atoms with van der Waals surface area (Å²) in [4.78, 5) is 10.4. The second-order valence-corrected chi connectivity index (χ2v) is 4.26. The van der Waals surface area contributed by atoms with Crippen LogP contribution in [0.15, 0.2) is 0 Å². The maximum Gasteiger partial charge on any atom is 0.217 e. The largest absolute Gasteiger partial charge is 0.370 e. The number of thioether (sulfide) groups is 1. The first kappa shape index (κ1) is 12.8. The molecule has 0 spiro atoms. The Bertz CT molecular complexity index is 131. The van der Waals surface area contributed by atoms with E-state index in [1.807, 2.05) is 11.8 Å². The van der Waals surface area contributed by atoms with Crippen LogP contribution in [-0.2, 0) is 4.79 Å². The van der Waals surface area contributed by atoms with Crippen molar-refractivity contribution in [1.29, 1.82) is 0 Å². The van der Waals surface area contributed by atoms with Crippen molar-refractivity contribution in [2.24, 2.45) is 5.73 Å². The zero-order valence-electron chi connectivity index (χ0n) is 8.34. The van der Waals surface area contributed by atoms with Crippen LogP contribution in [-0.4, -0.2) is 30.5 Å². The summed E-state index contributed by atoms with van der Waals surface area (Å²) in [5.41, 5.74) is 5.01. The van der Waals surface area contributed by atoms with Crippen LogP contribution in [0.1, 0.15) is 26.2 Å². The van der Waals surface area contributed by atoms with Crippen LogP contribution in [0.4, 0.5) is 0 Å². The van der Waals surface area contributed by atoms with Crippen molar-refractivity contribution >= 4 is 17.7 Å². The van der Waals surface area contributed by atoms with E-state index in [0.29, 0.717) is 6.42 Å². The SMILES string of the molecule is CCSCCNCCCCC(N)=O. The molecule has 0 bridgehead atoms. The molecule has 0 radical (unpaired) electrons. The summed E-state index contributed by atoms with van der Waals surface area (Å²) in [5, 5.41) is 3.32. The van der Waals surface area contributed by atoms with Gasteiger partial charge in [0, 0.05) is 18.7 Å². The van der Waals surface area contributed by atoms with Gasteiger partial charge in [0.2, 0.25) is 5.91 Å². The maximum atomic E-state index is 10.4. The highest BCUT2D eigenvalue weighted by Gasteiger charge is 1.93. The van der Waals surface area contributed by atoms with E-state index in [1.165, 1.54) is 11.5 Å². The first-order chi connectivity index (χ1) is 6.27. The summed E-state index contributed by atoms with van der Waals surface area (Å²) in [6.07, 6.45) is 2.47. The summed E-state index contributed by atoms with van der Waals surface area (Å²) < 4.78 is 0. The van der Waals surface area contributed by atoms with Gasteiger partial charge in [0.05, 0.1) is 0 Å². The summed E-state index contributed by atoms with van der Waals surface area (Å²) in [6.45, 7) is 4.23. The number of amides is 1. The van der Waals surface area contributed by atoms with E-state index in [2.05, 4.69) is 12.2 Å². The van der Waals surface area contributed by atoms with Crippen LogP contribution in [0.3, 0.4) is 0 Å². The van der Waals surface area contributed by atoms with E-state index in [4.69, 9.17) is 5.73 Å². The molecule has 3 nitrogen and oxygen atoms in total. The van der Waals surface area contributed by atoms with E-state index in [1.54, 1.807) is 0 Å². The molecule has 0 aliphatic rings. The lowest BCUT2D eigenvalue weighted by Gasteiger charge is -2.02. The van der Waals surface area contributed by atoms with Gasteiger partial charge in [-0.25, -0.2) is 0 Å². The second-order valence-electron chi connectivity index (χ2n) is 2.87. The zero-order valence-corrected chi connectivity index (χ0v) is 9.16. The van der Waals surface area contributed by atoms with Crippen molar-refractivity contribution in [3.63, 3.8) is 0 Å². The third kappa shape index (κ3) is 11.8. The quantitative estimate of drug-likeness (QED) is 0.551. The molecule has 0 saturated carbocycles. The first-order valence-corrected chi connectivity index (χ1v) is 5.99. The fourth-order valence-electron chi connectivity index (χ4n) is 0.963. The summed E-state index contributed by atoms with van der Waals surface area (Å²) in [6, 6.07) is 0. The Kier molecular flexibility index (Phi) is 9.70. The average Bonchev–Trinajstić information content (AvgIpc) is 2.09. The van der Waals surface area contributed by atoms with E-state index in [9.17, 15) is 4.79 Å². The number of hydrogen-bond acceptors (Lipinski definition) is 3. The normalized spacial score (nSPS) is 10.2. The molecule has 78 valence electrons. The van der Waals surface area contributed by atoms with Crippen LogP contribution in [0.2, 0.25) is 0 Å². The third-order valence-electron chi connectivity index (χ3n) is 1.65. The molecule has 0 aromatic rings. The minimum absolute atomic E-state index is 0.193. The smallest absolute Gasteiger partial charge is 0.217 e. The number of rotatable bonds is 9. The van der Waals surface area contributed by atoms with Gasteiger partial charge in [-0.3, -0.25) is 4.79 Å². The first-order valence-electron chi connectivity index (χ1n) is 4.84. The number of nitrogens with one attached hydrogen (secondary N) is 1. The predicted octanol–water partition coefficient (Wildman–Crippen LogP) is 0.985. The number of unbranched alkanes of at least 4 members (excludes halogenated alkanes) is 1. The topological polar surface area (TPSA) is 55.1 Å². The minimum Gasteiger partial charge on any atom is -0.370 e. The van der Waals surface area contributed by atoms with Crippen molar-refractivity contribution < 1.29 is 4.79 Å². The Hall–Kier alpha value is -0.220. The molecule has 0 atom stereocenters. The van der Waals surface area contributed by atoms with Gasteiger partial charge in [-0.1, -0.05) is 6.92 Å². The standard InChI is InChI=1S/C9H20N2OS/c1-2-13-8-7-11-6-4-3-5-9(10)12/h11H,2-8H2,1H3,(H2,10,12). The van der Waals surface area contributed by atoms with E-state index in [0.717, 1.165) is 25.9 Å². The fraction of sp³-hybridized carbons (Fsp3) is 0.889. The van der Waals surface area contributed by atoms with Crippen LogP contribution in [0.25, 0.3) is 0 Å². The average molecular weight is 204 g/mol. The fourth-order valence-corrected chi connectivity index (χ4v) is 1.54. The lowest BCUT2D eigenvalue weighted by molar-refractivity contribution is -0.118. The van der Waals surface area contributed by atoms with Gasteiger partial charge < -0.3 is 11.1 Å². The molecule has 0 heterocycles. The Labute approximate surface area is 84.8 Å². The van der Waals surface area contributed by atoms with E-state index < -0.39 is 0 Å². The van der Waals surface area contributed by atoms with Gasteiger partial charge in [-0.2, -0.15) is 11.8 Å². The second kappa shape index (κ2) is 9.86. The zero-order chi connectivity index (χ0) is 9.94. The van der Waals surface area contributed by atoms with Crippen molar-refractivity contribution in [2.75, 3.05) is 24.6 Å². The molecule has 0 aromatic carbocycles. The number of nitrogens with two attached hydrogens (primary N) is 1. The number of carbonyl (C=O) groups excluding carboxylic acids is 1. The molecular weight excluding hydrogens is 184 g/mol. The Balaban J connectivity index is 2.87. The van der Waals surface area contributed by atoms with Gasteiger partial charge in [0.15, 0.2) is 0 Å². The molecule has 0 rings (SSSR count). The van der Waals surface area contributed by atoms with Crippen molar-refractivity contribution in [3.05, 3.63) is 0 Å². The molecule has 0 aromatic heterocycles. The van der Waals surface area contributed by atoms with Crippen LogP contribution >= 0.6 is 11.8 Å². The molecule has 3 N–H and O–H groups in total. The molecule has 0 aliphatic heterocycles. The molecule has 13 heavy (non-hydrogen) atoms. The van der Waals surface area contributed by atoms with Gasteiger partial charge in [-0.05, 0) is 25.1 Å². The monoisotopic (exact) mass is 204 g/mol. The highest BCUT2D eigenvalue weighted by Crippen LogP contribution is 1.96. The van der Waals surface area contributed by atoms with Crippen LogP contribution in [0, 0.1) is 0 Å². The molecule has 1 amide bonds. The van der Waals surface area contributed by atoms with Gasteiger partial charge in [0.1, 0.15) is 0 Å². The van der Waals surface area contributed by atoms with Crippen LogP contribution in [0.5, 0.6) is 0 Å². The maximum absolute atomic E-state index is 10.4. The van der Waals surface area contributed by atoms with Gasteiger partial charge in [0.25, 0.3) is 0 Å². The molecule has 4 heteroatoms. The van der Waals surface area contributed by atoms with Crippen molar-refractivity contribution in [2.45, 2.75) is 26.2 Å². The number of hydrogen-bond donors (Lipinski definition) is 2. The van der Waals surface area contributed by atoms with E-state index in [-0.39, 0.29) is 5.91 Å². The van der Waals surface area contributed by atoms with Crippen molar-refractivity contribution in [3.8, 4) is 0 Å². The lowest BCUT2D eigenvalue weighted by Crippen LogP contribution is -2.19. The molecule has 0 fully saturated rings. The lowest BCUT2D eigenvalue weighted by atomic mass is 10.2.